The number of hydrogen-bond donors (Lipinski definition) is 1. The molecule has 2 aromatic rings. The fourth-order valence-corrected chi connectivity index (χ4v) is 3.62. The summed E-state index contributed by atoms with van der Waals surface area (Å²) in [6.45, 7) is 0. The molecule has 0 saturated heterocycles. The molecule has 26 heavy (non-hydrogen) atoms. The van der Waals surface area contributed by atoms with E-state index in [9.17, 15) is 9.90 Å². The van der Waals surface area contributed by atoms with E-state index in [1.165, 1.54) is 5.56 Å². The van der Waals surface area contributed by atoms with Crippen LogP contribution in [0.15, 0.2) is 54.6 Å². The van der Waals surface area contributed by atoms with Crippen molar-refractivity contribution >= 4 is 5.97 Å². The fraction of sp³-hybridized carbons (Fsp3) is 0.409. The van der Waals surface area contributed by atoms with Crippen LogP contribution in [0.25, 0.3) is 0 Å². The molecule has 1 saturated carbocycles. The molecule has 0 aliphatic heterocycles. The largest absolute Gasteiger partial charge is 0.497 e. The van der Waals surface area contributed by atoms with Crippen molar-refractivity contribution in [2.45, 2.75) is 50.2 Å². The maximum atomic E-state index is 12.4. The Hall–Kier alpha value is -2.33. The molecule has 3 atom stereocenters. The predicted octanol–water partition coefficient (Wildman–Crippen LogP) is 3.87. The van der Waals surface area contributed by atoms with Gasteiger partial charge in [0.25, 0.3) is 0 Å². The van der Waals surface area contributed by atoms with Crippen molar-refractivity contribution in [3.05, 3.63) is 65.7 Å². The van der Waals surface area contributed by atoms with Crippen molar-refractivity contribution in [2.24, 2.45) is 0 Å². The molecule has 1 N–H and O–H groups in total. The van der Waals surface area contributed by atoms with E-state index >= 15 is 0 Å². The number of carbonyl (C=O) groups excluding carboxylic acids is 1. The topological polar surface area (TPSA) is 55.8 Å². The highest BCUT2D eigenvalue weighted by molar-refractivity contribution is 5.75. The summed E-state index contributed by atoms with van der Waals surface area (Å²) in [7, 11) is 1.61. The number of methoxy groups -OCH3 is 1. The Morgan fingerprint density at radius 3 is 2.46 bits per heavy atom. The maximum Gasteiger partial charge on any atom is 0.335 e. The van der Waals surface area contributed by atoms with E-state index in [1.807, 2.05) is 42.5 Å². The van der Waals surface area contributed by atoms with Crippen molar-refractivity contribution < 1.29 is 19.4 Å². The molecule has 4 heteroatoms. The average molecular weight is 354 g/mol. The van der Waals surface area contributed by atoms with Crippen LogP contribution >= 0.6 is 0 Å². The Kier molecular flexibility index (Phi) is 6.29. The minimum absolute atomic E-state index is 0.163. The number of esters is 1. The normalized spacial score (nSPS) is 21.0. The van der Waals surface area contributed by atoms with Gasteiger partial charge in [0, 0.05) is 12.3 Å². The van der Waals surface area contributed by atoms with E-state index in [0.29, 0.717) is 0 Å². The van der Waals surface area contributed by atoms with Crippen LogP contribution in [0.5, 0.6) is 5.75 Å². The van der Waals surface area contributed by atoms with Crippen molar-refractivity contribution in [3.8, 4) is 5.75 Å². The van der Waals surface area contributed by atoms with Crippen LogP contribution in [0.1, 0.15) is 42.7 Å². The van der Waals surface area contributed by atoms with E-state index in [4.69, 9.17) is 9.47 Å². The zero-order valence-corrected chi connectivity index (χ0v) is 15.1. The molecular weight excluding hydrogens is 328 g/mol. The lowest BCUT2D eigenvalue weighted by atomic mass is 9.81. The zero-order valence-electron chi connectivity index (χ0n) is 15.1. The Bertz CT molecular complexity index is 696. The first kappa shape index (κ1) is 18.5. The van der Waals surface area contributed by atoms with E-state index < -0.39 is 12.1 Å². The van der Waals surface area contributed by atoms with Crippen LogP contribution in [0.4, 0.5) is 0 Å². The van der Waals surface area contributed by atoms with Gasteiger partial charge in [-0.25, -0.2) is 4.79 Å². The number of rotatable bonds is 6. The van der Waals surface area contributed by atoms with Crippen LogP contribution in [0.2, 0.25) is 0 Å². The van der Waals surface area contributed by atoms with Gasteiger partial charge in [-0.1, -0.05) is 48.9 Å². The van der Waals surface area contributed by atoms with Crippen molar-refractivity contribution in [1.82, 2.24) is 0 Å². The van der Waals surface area contributed by atoms with Crippen LogP contribution in [0.3, 0.4) is 0 Å². The van der Waals surface area contributed by atoms with Gasteiger partial charge in [0.1, 0.15) is 11.9 Å². The van der Waals surface area contributed by atoms with Gasteiger partial charge in [-0.05, 0) is 42.5 Å². The minimum atomic E-state index is -1.15. The molecule has 2 aromatic carbocycles. The third-order valence-electron chi connectivity index (χ3n) is 5.06. The Balaban J connectivity index is 1.61. The van der Waals surface area contributed by atoms with Gasteiger partial charge in [-0.3, -0.25) is 0 Å². The number of aliphatic hydroxyl groups excluding tert-OH is 1. The van der Waals surface area contributed by atoms with Crippen molar-refractivity contribution in [1.29, 1.82) is 0 Å². The molecule has 0 spiro atoms. The summed E-state index contributed by atoms with van der Waals surface area (Å²) in [4.78, 5) is 12.4. The number of aliphatic hydroxyl groups is 1. The summed E-state index contributed by atoms with van der Waals surface area (Å²) in [6, 6.07) is 17.5. The average Bonchev–Trinajstić information content (AvgIpc) is 2.69. The second-order valence-corrected chi connectivity index (χ2v) is 6.84. The predicted molar refractivity (Wildman–Crippen MR) is 100 cm³/mol. The highest BCUT2D eigenvalue weighted by Crippen LogP contribution is 2.35. The highest BCUT2D eigenvalue weighted by Gasteiger charge is 2.31. The molecular formula is C22H26O4. The van der Waals surface area contributed by atoms with E-state index in [-0.39, 0.29) is 18.4 Å². The molecule has 1 aliphatic rings. The summed E-state index contributed by atoms with van der Waals surface area (Å²) in [5.74, 6) is 0.425. The molecule has 3 rings (SSSR count). The maximum absolute atomic E-state index is 12.4. The number of ether oxygens (including phenoxy) is 2. The van der Waals surface area contributed by atoms with Gasteiger partial charge in [0.2, 0.25) is 0 Å². The minimum Gasteiger partial charge on any atom is -0.497 e. The first-order chi connectivity index (χ1) is 12.7. The SMILES string of the molecule is COc1ccc(CC(O)C(=O)O[C@@H]2CCCC[C@H]2c2ccccc2)cc1. The van der Waals surface area contributed by atoms with Gasteiger partial charge in [-0.15, -0.1) is 0 Å². The standard InChI is InChI=1S/C22H26O4/c1-25-18-13-11-16(12-14-18)15-20(23)22(24)26-21-10-6-5-9-19(21)17-7-3-2-4-8-17/h2-4,7-8,11-14,19-21,23H,5-6,9-10,15H2,1H3/t19-,20?,21+/m0/s1. The number of hydrogen-bond acceptors (Lipinski definition) is 4. The van der Waals surface area contributed by atoms with Gasteiger partial charge in [0.15, 0.2) is 6.10 Å². The smallest absolute Gasteiger partial charge is 0.335 e. The van der Waals surface area contributed by atoms with E-state index in [0.717, 1.165) is 37.0 Å². The Labute approximate surface area is 154 Å². The lowest BCUT2D eigenvalue weighted by Gasteiger charge is -2.32. The Morgan fingerprint density at radius 2 is 1.77 bits per heavy atom. The highest BCUT2D eigenvalue weighted by atomic mass is 16.6. The third-order valence-corrected chi connectivity index (χ3v) is 5.06. The fourth-order valence-electron chi connectivity index (χ4n) is 3.62. The summed E-state index contributed by atoms with van der Waals surface area (Å²) in [5, 5.41) is 10.3. The monoisotopic (exact) mass is 354 g/mol. The second kappa shape index (κ2) is 8.86. The summed E-state index contributed by atoms with van der Waals surface area (Å²) < 4.78 is 10.8. The molecule has 1 aliphatic carbocycles. The van der Waals surface area contributed by atoms with Gasteiger partial charge in [-0.2, -0.15) is 0 Å². The number of benzene rings is 2. The molecule has 0 amide bonds. The van der Waals surface area contributed by atoms with Gasteiger partial charge >= 0.3 is 5.97 Å². The first-order valence-electron chi connectivity index (χ1n) is 9.24. The van der Waals surface area contributed by atoms with Crippen LogP contribution in [-0.4, -0.2) is 30.4 Å². The lowest BCUT2D eigenvalue weighted by molar-refractivity contribution is -0.161. The molecule has 0 heterocycles. The molecule has 0 radical (unpaired) electrons. The first-order valence-corrected chi connectivity index (χ1v) is 9.24. The molecule has 1 fully saturated rings. The van der Waals surface area contributed by atoms with Gasteiger partial charge < -0.3 is 14.6 Å². The van der Waals surface area contributed by atoms with Gasteiger partial charge in [0.05, 0.1) is 7.11 Å². The van der Waals surface area contributed by atoms with E-state index in [1.54, 1.807) is 7.11 Å². The summed E-state index contributed by atoms with van der Waals surface area (Å²) in [6.07, 6.45) is 2.98. The molecule has 1 unspecified atom stereocenters. The molecule has 4 nitrogen and oxygen atoms in total. The third kappa shape index (κ3) is 4.64. The molecule has 0 bridgehead atoms. The molecule has 0 aromatic heterocycles. The Morgan fingerprint density at radius 1 is 1.08 bits per heavy atom. The quantitative estimate of drug-likeness (QED) is 0.800. The van der Waals surface area contributed by atoms with Crippen LogP contribution in [-0.2, 0) is 16.0 Å². The molecule has 138 valence electrons. The van der Waals surface area contributed by atoms with Crippen LogP contribution in [0, 0.1) is 0 Å². The lowest BCUT2D eigenvalue weighted by Crippen LogP contribution is -2.34. The van der Waals surface area contributed by atoms with Crippen molar-refractivity contribution in [2.75, 3.05) is 7.11 Å². The zero-order chi connectivity index (χ0) is 18.4. The summed E-state index contributed by atoms with van der Waals surface area (Å²) in [5.41, 5.74) is 2.08. The van der Waals surface area contributed by atoms with Crippen LogP contribution < -0.4 is 4.74 Å². The van der Waals surface area contributed by atoms with E-state index in [2.05, 4.69) is 12.1 Å². The summed E-state index contributed by atoms with van der Waals surface area (Å²) >= 11 is 0. The van der Waals surface area contributed by atoms with Crippen molar-refractivity contribution in [3.63, 3.8) is 0 Å². The number of carbonyl (C=O) groups is 1. The second-order valence-electron chi connectivity index (χ2n) is 6.84.